The van der Waals surface area contributed by atoms with Crippen LogP contribution in [0.1, 0.15) is 33.7 Å². The fraction of sp³-hybridized carbons (Fsp3) is 0.200. The number of thiazole rings is 1. The first-order valence-electron chi connectivity index (χ1n) is 9.10. The van der Waals surface area contributed by atoms with Crippen LogP contribution in [0.25, 0.3) is 11.3 Å². The van der Waals surface area contributed by atoms with E-state index < -0.39 is 5.97 Å². The number of rotatable bonds is 5. The van der Waals surface area contributed by atoms with Crippen molar-refractivity contribution in [3.63, 3.8) is 0 Å². The Hall–Kier alpha value is -3.17. The number of carbonyl (C=O) groups is 3. The summed E-state index contributed by atoms with van der Waals surface area (Å²) in [4.78, 5) is 45.5. The third-order valence-corrected chi connectivity index (χ3v) is 5.67. The first-order valence-corrected chi connectivity index (χ1v) is 10.4. The van der Waals surface area contributed by atoms with Gasteiger partial charge >= 0.3 is 5.97 Å². The lowest BCUT2D eigenvalue weighted by Gasteiger charge is -2.19. The highest BCUT2D eigenvalue weighted by Gasteiger charge is 2.26. The zero-order valence-corrected chi connectivity index (χ0v) is 17.5. The Bertz CT molecular complexity index is 1140. The summed E-state index contributed by atoms with van der Waals surface area (Å²) in [6.45, 7) is 0.552. The van der Waals surface area contributed by atoms with E-state index in [1.807, 2.05) is 0 Å². The number of aromatic amines is 1. The van der Waals surface area contributed by atoms with Crippen LogP contribution < -0.4 is 10.2 Å². The molecular weight excluding hydrogens is 428 g/mol. The highest BCUT2D eigenvalue weighted by molar-refractivity contribution is 7.14. The smallest absolute Gasteiger partial charge is 0.354 e. The van der Waals surface area contributed by atoms with Gasteiger partial charge in [0, 0.05) is 35.1 Å². The van der Waals surface area contributed by atoms with Gasteiger partial charge in [-0.15, -0.1) is 11.3 Å². The van der Waals surface area contributed by atoms with Crippen molar-refractivity contribution in [3.8, 4) is 11.3 Å². The molecule has 2 amide bonds. The van der Waals surface area contributed by atoms with Gasteiger partial charge in [-0.05, 0) is 30.7 Å². The van der Waals surface area contributed by atoms with E-state index in [1.165, 1.54) is 18.4 Å². The van der Waals surface area contributed by atoms with E-state index in [9.17, 15) is 14.4 Å². The topological polar surface area (TPSA) is 104 Å². The van der Waals surface area contributed by atoms with E-state index >= 15 is 0 Å². The highest BCUT2D eigenvalue weighted by atomic mass is 35.5. The van der Waals surface area contributed by atoms with Crippen LogP contribution in [-0.2, 0) is 9.53 Å². The normalized spacial score (nSPS) is 13.5. The molecule has 0 saturated carbocycles. The average molecular weight is 445 g/mol. The number of esters is 1. The van der Waals surface area contributed by atoms with E-state index in [-0.39, 0.29) is 11.8 Å². The van der Waals surface area contributed by atoms with Gasteiger partial charge in [0.1, 0.15) is 5.69 Å². The molecule has 30 heavy (non-hydrogen) atoms. The number of H-pyrrole nitrogens is 1. The molecule has 1 aliphatic heterocycles. The predicted octanol–water partition coefficient (Wildman–Crippen LogP) is 3.96. The molecular formula is C20H17ClN4O4S. The van der Waals surface area contributed by atoms with Crippen LogP contribution in [0.2, 0.25) is 5.02 Å². The lowest BCUT2D eigenvalue weighted by atomic mass is 10.1. The molecule has 0 bridgehead atoms. The molecule has 2 aromatic heterocycles. The Morgan fingerprint density at radius 3 is 2.90 bits per heavy atom. The number of nitrogens with zero attached hydrogens (tertiary/aromatic N) is 2. The van der Waals surface area contributed by atoms with Crippen molar-refractivity contribution in [1.29, 1.82) is 0 Å². The first-order chi connectivity index (χ1) is 14.5. The van der Waals surface area contributed by atoms with E-state index in [1.54, 1.807) is 40.7 Å². The van der Waals surface area contributed by atoms with Gasteiger partial charge in [-0.3, -0.25) is 14.9 Å². The summed E-state index contributed by atoms with van der Waals surface area (Å²) in [7, 11) is 1.31. The van der Waals surface area contributed by atoms with Gasteiger partial charge in [-0.25, -0.2) is 9.78 Å². The Labute approximate surface area is 180 Å². The van der Waals surface area contributed by atoms with Gasteiger partial charge in [0.2, 0.25) is 5.91 Å². The number of ether oxygens (including phenoxy) is 1. The molecule has 0 atom stereocenters. The Morgan fingerprint density at radius 2 is 2.17 bits per heavy atom. The maximum absolute atomic E-state index is 12.9. The molecule has 1 aromatic carbocycles. The van der Waals surface area contributed by atoms with Gasteiger partial charge in [-0.2, -0.15) is 0 Å². The first kappa shape index (κ1) is 20.1. The Kier molecular flexibility index (Phi) is 5.56. The third kappa shape index (κ3) is 3.94. The molecule has 0 aliphatic carbocycles. The molecule has 154 valence electrons. The molecule has 0 spiro atoms. The second-order valence-electron chi connectivity index (χ2n) is 6.60. The number of methoxy groups -OCH3 is 1. The van der Waals surface area contributed by atoms with Gasteiger partial charge < -0.3 is 14.6 Å². The quantitative estimate of drug-likeness (QED) is 0.579. The lowest BCUT2D eigenvalue weighted by molar-refractivity contribution is -0.117. The van der Waals surface area contributed by atoms with Gasteiger partial charge in [0.05, 0.1) is 24.1 Å². The van der Waals surface area contributed by atoms with Crippen molar-refractivity contribution in [3.05, 3.63) is 52.1 Å². The van der Waals surface area contributed by atoms with E-state index in [2.05, 4.69) is 20.0 Å². The van der Waals surface area contributed by atoms with Crippen LogP contribution in [0, 0.1) is 0 Å². The minimum Gasteiger partial charge on any atom is -0.464 e. The minimum absolute atomic E-state index is 0.0308. The van der Waals surface area contributed by atoms with Crippen LogP contribution in [0.15, 0.2) is 35.8 Å². The maximum atomic E-state index is 12.9. The molecule has 1 fully saturated rings. The number of nitrogens with one attached hydrogen (secondary N) is 2. The molecule has 0 unspecified atom stereocenters. The molecule has 10 heteroatoms. The Balaban J connectivity index is 1.55. The number of halogens is 1. The molecule has 1 aliphatic rings. The van der Waals surface area contributed by atoms with Gasteiger partial charge in [-0.1, -0.05) is 11.6 Å². The largest absolute Gasteiger partial charge is 0.464 e. The molecule has 8 nitrogen and oxygen atoms in total. The third-order valence-electron chi connectivity index (χ3n) is 4.68. The number of amides is 2. The van der Waals surface area contributed by atoms with Crippen molar-refractivity contribution >= 4 is 51.5 Å². The summed E-state index contributed by atoms with van der Waals surface area (Å²) >= 11 is 7.35. The molecule has 2 N–H and O–H groups in total. The SMILES string of the molecule is COC(=O)c1cc(-c2csc(NC(=O)c3ccc(Cl)cc3N3CCCC3=O)n2)c[nH]1. The number of hydrogen-bond donors (Lipinski definition) is 2. The van der Waals surface area contributed by atoms with E-state index in [4.69, 9.17) is 11.6 Å². The number of anilines is 2. The van der Waals surface area contributed by atoms with Crippen LogP contribution in [-0.4, -0.2) is 41.4 Å². The summed E-state index contributed by atoms with van der Waals surface area (Å²) in [6, 6.07) is 6.47. The molecule has 1 saturated heterocycles. The monoisotopic (exact) mass is 444 g/mol. The second-order valence-corrected chi connectivity index (χ2v) is 7.89. The summed E-state index contributed by atoms with van der Waals surface area (Å²) in [5, 5.41) is 5.39. The van der Waals surface area contributed by atoms with Crippen molar-refractivity contribution in [2.45, 2.75) is 12.8 Å². The van der Waals surface area contributed by atoms with Crippen molar-refractivity contribution in [2.75, 3.05) is 23.9 Å². The zero-order chi connectivity index (χ0) is 21.3. The number of benzene rings is 1. The van der Waals surface area contributed by atoms with Gasteiger partial charge in [0.25, 0.3) is 5.91 Å². The van der Waals surface area contributed by atoms with Crippen LogP contribution >= 0.6 is 22.9 Å². The summed E-state index contributed by atoms with van der Waals surface area (Å²) in [5.41, 5.74) is 2.45. The molecule has 0 radical (unpaired) electrons. The lowest BCUT2D eigenvalue weighted by Crippen LogP contribution is -2.27. The molecule has 3 aromatic rings. The molecule has 4 rings (SSSR count). The maximum Gasteiger partial charge on any atom is 0.354 e. The molecule has 3 heterocycles. The van der Waals surface area contributed by atoms with E-state index in [0.29, 0.717) is 51.3 Å². The summed E-state index contributed by atoms with van der Waals surface area (Å²) in [6.07, 6.45) is 2.84. The minimum atomic E-state index is -0.475. The fourth-order valence-corrected chi connectivity index (χ4v) is 4.10. The average Bonchev–Trinajstić information content (AvgIpc) is 3.47. The number of carbonyl (C=O) groups excluding carboxylic acids is 3. The van der Waals surface area contributed by atoms with Gasteiger partial charge in [0.15, 0.2) is 5.13 Å². The van der Waals surface area contributed by atoms with Crippen LogP contribution in [0.5, 0.6) is 0 Å². The zero-order valence-electron chi connectivity index (χ0n) is 15.9. The van der Waals surface area contributed by atoms with Crippen molar-refractivity contribution in [2.24, 2.45) is 0 Å². The van der Waals surface area contributed by atoms with E-state index in [0.717, 1.165) is 6.42 Å². The van der Waals surface area contributed by atoms with Crippen molar-refractivity contribution < 1.29 is 19.1 Å². The fourth-order valence-electron chi connectivity index (χ4n) is 3.22. The predicted molar refractivity (Wildman–Crippen MR) is 114 cm³/mol. The number of aromatic nitrogens is 2. The van der Waals surface area contributed by atoms with Crippen LogP contribution in [0.3, 0.4) is 0 Å². The number of hydrogen-bond acceptors (Lipinski definition) is 6. The Morgan fingerprint density at radius 1 is 1.33 bits per heavy atom. The second kappa shape index (κ2) is 8.29. The summed E-state index contributed by atoms with van der Waals surface area (Å²) in [5.74, 6) is -0.889. The van der Waals surface area contributed by atoms with Crippen molar-refractivity contribution in [1.82, 2.24) is 9.97 Å². The highest BCUT2D eigenvalue weighted by Crippen LogP contribution is 2.30. The standard InChI is InChI=1S/C20H17ClN4O4S/c1-29-19(28)14-7-11(9-22-14)15-10-30-20(23-15)24-18(27)13-5-4-12(21)8-16(13)25-6-2-3-17(25)26/h4-5,7-10,22H,2-3,6H2,1H3,(H,23,24,27). The van der Waals surface area contributed by atoms with Crippen LogP contribution in [0.4, 0.5) is 10.8 Å². The summed E-state index contributed by atoms with van der Waals surface area (Å²) < 4.78 is 4.68.